The van der Waals surface area contributed by atoms with Crippen LogP contribution in [0.5, 0.6) is 5.75 Å². The van der Waals surface area contributed by atoms with Gasteiger partial charge in [-0.2, -0.15) is 0 Å². The molecule has 0 radical (unpaired) electrons. The van der Waals surface area contributed by atoms with Gasteiger partial charge in [0.2, 0.25) is 5.91 Å². The Morgan fingerprint density at radius 3 is 2.52 bits per heavy atom. The number of imidazole rings is 2. The van der Waals surface area contributed by atoms with E-state index in [1.165, 1.54) is 22.9 Å². The van der Waals surface area contributed by atoms with E-state index >= 15 is 0 Å². The van der Waals surface area contributed by atoms with E-state index in [2.05, 4.69) is 47.3 Å². The zero-order valence-corrected chi connectivity index (χ0v) is 20.0. The van der Waals surface area contributed by atoms with Crippen molar-refractivity contribution in [3.8, 4) is 11.4 Å². The highest BCUT2D eigenvalue weighted by molar-refractivity contribution is 7.99. The number of amides is 1. The summed E-state index contributed by atoms with van der Waals surface area (Å²) in [5.74, 6) is 1.53. The van der Waals surface area contributed by atoms with Crippen LogP contribution in [0.3, 0.4) is 0 Å². The Kier molecular flexibility index (Phi) is 6.84. The molecule has 8 heteroatoms. The maximum atomic E-state index is 13.0. The maximum Gasteiger partial charge on any atom is 0.231 e. The summed E-state index contributed by atoms with van der Waals surface area (Å²) in [5.41, 5.74) is 4.25. The number of methoxy groups -OCH3 is 1. The van der Waals surface area contributed by atoms with Crippen molar-refractivity contribution in [1.29, 1.82) is 0 Å². The van der Waals surface area contributed by atoms with Crippen LogP contribution in [0.4, 0.5) is 0 Å². The number of aryl methyl sites for hydroxylation is 3. The van der Waals surface area contributed by atoms with E-state index in [1.54, 1.807) is 19.5 Å². The number of carbonyl (C=O) groups is 1. The number of benzene rings is 2. The lowest BCUT2D eigenvalue weighted by Gasteiger charge is -2.21. The molecule has 0 bridgehead atoms. The van der Waals surface area contributed by atoms with Crippen LogP contribution in [0.25, 0.3) is 5.69 Å². The number of aromatic nitrogens is 4. The van der Waals surface area contributed by atoms with Gasteiger partial charge in [0.15, 0.2) is 5.16 Å². The molecule has 0 saturated heterocycles. The summed E-state index contributed by atoms with van der Waals surface area (Å²) >= 11 is 1.40. The second-order valence-corrected chi connectivity index (χ2v) is 8.80. The van der Waals surface area contributed by atoms with Gasteiger partial charge in [-0.1, -0.05) is 36.0 Å². The Hall–Kier alpha value is -3.52. The maximum absolute atomic E-state index is 13.0. The Morgan fingerprint density at radius 2 is 1.82 bits per heavy atom. The van der Waals surface area contributed by atoms with Crippen LogP contribution in [-0.2, 0) is 11.8 Å². The van der Waals surface area contributed by atoms with E-state index < -0.39 is 6.04 Å². The molecule has 0 aliphatic heterocycles. The summed E-state index contributed by atoms with van der Waals surface area (Å²) in [6.07, 6.45) is 7.25. The van der Waals surface area contributed by atoms with Crippen LogP contribution in [0.15, 0.2) is 72.4 Å². The van der Waals surface area contributed by atoms with Crippen LogP contribution < -0.4 is 10.1 Å². The minimum atomic E-state index is -0.437. The van der Waals surface area contributed by atoms with Crippen LogP contribution in [0, 0.1) is 13.8 Å². The molecule has 0 spiro atoms. The summed E-state index contributed by atoms with van der Waals surface area (Å²) in [6, 6.07) is 13.6. The van der Waals surface area contributed by atoms with Gasteiger partial charge in [0.25, 0.3) is 0 Å². The highest BCUT2D eigenvalue weighted by Gasteiger charge is 2.24. The van der Waals surface area contributed by atoms with Crippen LogP contribution in [0.2, 0.25) is 0 Å². The van der Waals surface area contributed by atoms with Gasteiger partial charge in [-0.3, -0.25) is 9.36 Å². The quantitative estimate of drug-likeness (QED) is 0.398. The Morgan fingerprint density at radius 1 is 1.09 bits per heavy atom. The van der Waals surface area contributed by atoms with Crippen molar-refractivity contribution in [3.63, 3.8) is 0 Å². The molecule has 33 heavy (non-hydrogen) atoms. The summed E-state index contributed by atoms with van der Waals surface area (Å²) in [7, 11) is 3.53. The lowest BCUT2D eigenvalue weighted by atomic mass is 10.0. The lowest BCUT2D eigenvalue weighted by Crippen LogP contribution is -2.32. The van der Waals surface area contributed by atoms with Crippen LogP contribution in [0.1, 0.15) is 28.6 Å². The van der Waals surface area contributed by atoms with E-state index in [0.29, 0.717) is 5.75 Å². The van der Waals surface area contributed by atoms with Gasteiger partial charge < -0.3 is 14.6 Å². The first-order valence-corrected chi connectivity index (χ1v) is 11.6. The summed E-state index contributed by atoms with van der Waals surface area (Å²) in [4.78, 5) is 22.0. The number of nitrogens with one attached hydrogen (secondary N) is 1. The molecule has 1 N–H and O–H groups in total. The molecule has 1 unspecified atom stereocenters. The lowest BCUT2D eigenvalue weighted by molar-refractivity contribution is -0.119. The topological polar surface area (TPSA) is 74.0 Å². The van der Waals surface area contributed by atoms with E-state index in [1.807, 2.05) is 52.8 Å². The normalized spacial score (nSPS) is 11.9. The number of hydrogen-bond acceptors (Lipinski definition) is 5. The molecule has 2 aromatic carbocycles. The average Bonchev–Trinajstić information content (AvgIpc) is 3.44. The van der Waals surface area contributed by atoms with Gasteiger partial charge in [-0.15, -0.1) is 0 Å². The SMILES string of the molecule is COc1ccccc1C(NC(=O)CSc1nccn1-c1cc(C)cc(C)c1)c1nccn1C. The average molecular weight is 462 g/mol. The van der Waals surface area contributed by atoms with Gasteiger partial charge in [0.1, 0.15) is 17.6 Å². The Balaban J connectivity index is 1.53. The third-order valence-electron chi connectivity index (χ3n) is 5.30. The minimum absolute atomic E-state index is 0.117. The molecule has 7 nitrogen and oxygen atoms in total. The van der Waals surface area contributed by atoms with Crippen LogP contribution >= 0.6 is 11.8 Å². The van der Waals surface area contributed by atoms with Crippen molar-refractivity contribution in [2.45, 2.75) is 25.0 Å². The smallest absolute Gasteiger partial charge is 0.231 e. The van der Waals surface area contributed by atoms with Gasteiger partial charge in [-0.05, 0) is 43.2 Å². The molecule has 1 amide bonds. The van der Waals surface area contributed by atoms with Gasteiger partial charge in [0.05, 0.1) is 12.9 Å². The number of ether oxygens (including phenoxy) is 1. The molecule has 2 aromatic heterocycles. The molecule has 0 fully saturated rings. The van der Waals surface area contributed by atoms with Gasteiger partial charge in [0, 0.05) is 43.1 Å². The Bertz CT molecular complexity index is 1240. The van der Waals surface area contributed by atoms with Gasteiger partial charge >= 0.3 is 0 Å². The van der Waals surface area contributed by atoms with Crippen molar-refractivity contribution < 1.29 is 9.53 Å². The first kappa shape index (κ1) is 22.7. The first-order valence-electron chi connectivity index (χ1n) is 10.6. The van der Waals surface area contributed by atoms with E-state index in [-0.39, 0.29) is 11.7 Å². The molecular formula is C25H27N5O2S. The fourth-order valence-corrected chi connectivity index (χ4v) is 4.64. The number of nitrogens with zero attached hydrogens (tertiary/aromatic N) is 4. The van der Waals surface area contributed by atoms with Crippen molar-refractivity contribution in [3.05, 3.63) is 89.8 Å². The van der Waals surface area contributed by atoms with Crippen molar-refractivity contribution >= 4 is 17.7 Å². The highest BCUT2D eigenvalue weighted by atomic mass is 32.2. The zero-order valence-electron chi connectivity index (χ0n) is 19.1. The fourth-order valence-electron chi connectivity index (χ4n) is 3.86. The third kappa shape index (κ3) is 5.12. The molecule has 4 aromatic rings. The molecule has 0 saturated carbocycles. The molecule has 0 aliphatic rings. The second kappa shape index (κ2) is 9.95. The molecule has 170 valence electrons. The van der Waals surface area contributed by atoms with E-state index in [0.717, 1.165) is 22.2 Å². The molecule has 0 aliphatic carbocycles. The summed E-state index contributed by atoms with van der Waals surface area (Å²) < 4.78 is 9.45. The predicted octanol–water partition coefficient (Wildman–Crippen LogP) is 4.23. The number of carbonyl (C=O) groups excluding carboxylic acids is 1. The molecule has 1 atom stereocenters. The number of thioether (sulfide) groups is 1. The van der Waals surface area contributed by atoms with Crippen molar-refractivity contribution in [2.75, 3.05) is 12.9 Å². The number of hydrogen-bond donors (Lipinski definition) is 1. The van der Waals surface area contributed by atoms with Crippen LogP contribution in [-0.4, -0.2) is 37.9 Å². The standard InChI is InChI=1S/C25H27N5O2S/c1-17-13-18(2)15-19(14-17)30-12-10-27-25(30)33-16-22(31)28-23(24-26-9-11-29(24)3)20-7-5-6-8-21(20)32-4/h5-15,23H,16H2,1-4H3,(H,28,31). The predicted molar refractivity (Wildman–Crippen MR) is 130 cm³/mol. The first-order chi connectivity index (χ1) is 16.0. The third-order valence-corrected chi connectivity index (χ3v) is 6.26. The summed E-state index contributed by atoms with van der Waals surface area (Å²) in [5, 5.41) is 3.90. The molecular weight excluding hydrogens is 434 g/mol. The van der Waals surface area contributed by atoms with Crippen molar-refractivity contribution in [1.82, 2.24) is 24.4 Å². The second-order valence-electron chi connectivity index (χ2n) is 7.85. The fraction of sp³-hybridized carbons (Fsp3) is 0.240. The number of para-hydroxylation sites is 1. The van der Waals surface area contributed by atoms with E-state index in [4.69, 9.17) is 4.74 Å². The highest BCUT2D eigenvalue weighted by Crippen LogP contribution is 2.29. The molecule has 4 rings (SSSR count). The minimum Gasteiger partial charge on any atom is -0.496 e. The van der Waals surface area contributed by atoms with Gasteiger partial charge in [-0.25, -0.2) is 9.97 Å². The largest absolute Gasteiger partial charge is 0.496 e. The van der Waals surface area contributed by atoms with E-state index in [9.17, 15) is 4.79 Å². The molecule has 2 heterocycles. The zero-order chi connectivity index (χ0) is 23.4. The number of rotatable bonds is 8. The monoisotopic (exact) mass is 461 g/mol. The summed E-state index contributed by atoms with van der Waals surface area (Å²) in [6.45, 7) is 4.15. The Labute approximate surface area is 197 Å². The van der Waals surface area contributed by atoms with Crippen molar-refractivity contribution in [2.24, 2.45) is 7.05 Å².